The molecule has 1 unspecified atom stereocenters. The molecular formula is C29H35N3O3. The first-order chi connectivity index (χ1) is 17.2. The molecule has 2 heterocycles. The Balaban J connectivity index is 1.35. The van der Waals surface area contributed by atoms with Crippen molar-refractivity contribution < 1.29 is 14.6 Å². The van der Waals surface area contributed by atoms with E-state index in [-0.39, 0.29) is 12.2 Å². The van der Waals surface area contributed by atoms with Crippen LogP contribution in [0.3, 0.4) is 0 Å². The summed E-state index contributed by atoms with van der Waals surface area (Å²) in [5.41, 5.74) is 4.96. The first kappa shape index (κ1) is 23.8. The summed E-state index contributed by atoms with van der Waals surface area (Å²) in [6.07, 6.45) is 9.00. The Morgan fingerprint density at radius 2 is 1.66 bits per heavy atom. The molecule has 0 spiro atoms. The van der Waals surface area contributed by atoms with E-state index in [4.69, 9.17) is 19.4 Å². The number of phenolic OH excluding ortho intramolecular Hbond substituents is 1. The van der Waals surface area contributed by atoms with Crippen LogP contribution in [-0.4, -0.2) is 48.7 Å². The van der Waals surface area contributed by atoms with Crippen molar-refractivity contribution in [2.45, 2.75) is 50.2 Å². The molecule has 1 saturated heterocycles. The van der Waals surface area contributed by atoms with Crippen molar-refractivity contribution in [2.75, 3.05) is 32.2 Å². The second-order valence-corrected chi connectivity index (χ2v) is 9.80. The molecule has 5 rings (SSSR count). The fraction of sp³-hybridized carbons (Fsp3) is 0.448. The van der Waals surface area contributed by atoms with Gasteiger partial charge in [-0.25, -0.2) is 9.97 Å². The number of aromatic nitrogens is 2. The standard InChI is InChI=1S/C29H35N3O3/c1-34-27(35-2)16-20-12-14-32(15-13-20)29-30-18-23(19-31-29)28-25(21-6-4-3-5-7-21)10-8-22-17-24(33)9-11-26(22)28/h3-7,9,11,17-20,25,27-28,33H,8,10,12-16H2,1-2H3/t25-,28?/m1/s1. The number of ether oxygens (including phenoxy) is 2. The summed E-state index contributed by atoms with van der Waals surface area (Å²) in [5.74, 6) is 2.25. The van der Waals surface area contributed by atoms with Gasteiger partial charge >= 0.3 is 0 Å². The lowest BCUT2D eigenvalue weighted by atomic mass is 9.70. The van der Waals surface area contributed by atoms with Crippen LogP contribution in [0.2, 0.25) is 0 Å². The highest BCUT2D eigenvalue weighted by Gasteiger charge is 2.33. The molecule has 0 saturated carbocycles. The normalized spacial score (nSPS) is 20.7. The van der Waals surface area contributed by atoms with Crippen molar-refractivity contribution in [2.24, 2.45) is 5.92 Å². The Morgan fingerprint density at radius 3 is 2.34 bits per heavy atom. The van der Waals surface area contributed by atoms with E-state index in [1.165, 1.54) is 16.7 Å². The maximum absolute atomic E-state index is 10.1. The van der Waals surface area contributed by atoms with Crippen LogP contribution in [0, 0.1) is 5.92 Å². The van der Waals surface area contributed by atoms with Gasteiger partial charge in [0.2, 0.25) is 5.95 Å². The maximum atomic E-state index is 10.1. The van der Waals surface area contributed by atoms with Crippen molar-refractivity contribution >= 4 is 5.95 Å². The van der Waals surface area contributed by atoms with Crippen LogP contribution in [0.4, 0.5) is 5.95 Å². The summed E-state index contributed by atoms with van der Waals surface area (Å²) in [4.78, 5) is 11.9. The summed E-state index contributed by atoms with van der Waals surface area (Å²) >= 11 is 0. The average molecular weight is 474 g/mol. The van der Waals surface area contributed by atoms with Crippen LogP contribution in [0.25, 0.3) is 0 Å². The Hall–Kier alpha value is -2.96. The minimum atomic E-state index is -0.125. The predicted octanol–water partition coefficient (Wildman–Crippen LogP) is 5.27. The molecule has 3 aromatic rings. The summed E-state index contributed by atoms with van der Waals surface area (Å²) < 4.78 is 10.8. The van der Waals surface area contributed by atoms with E-state index in [0.29, 0.717) is 17.6 Å². The molecular weight excluding hydrogens is 438 g/mol. The van der Waals surface area contributed by atoms with Gasteiger partial charge in [-0.15, -0.1) is 0 Å². The van der Waals surface area contributed by atoms with Gasteiger partial charge in [0.15, 0.2) is 6.29 Å². The van der Waals surface area contributed by atoms with Crippen molar-refractivity contribution in [1.82, 2.24) is 9.97 Å². The first-order valence-corrected chi connectivity index (χ1v) is 12.7. The number of aromatic hydroxyl groups is 1. The third kappa shape index (κ3) is 5.19. The molecule has 2 aliphatic rings. The second kappa shape index (κ2) is 10.8. The van der Waals surface area contributed by atoms with Crippen LogP contribution in [-0.2, 0) is 15.9 Å². The largest absolute Gasteiger partial charge is 0.508 e. The van der Waals surface area contributed by atoms with Crippen molar-refractivity contribution in [3.63, 3.8) is 0 Å². The Bertz CT molecular complexity index is 1090. The molecule has 184 valence electrons. The van der Waals surface area contributed by atoms with Crippen LogP contribution >= 0.6 is 0 Å². The van der Waals surface area contributed by atoms with Gasteiger partial charge in [0, 0.05) is 52.0 Å². The molecule has 1 N–H and O–H groups in total. The number of aryl methyl sites for hydroxylation is 1. The van der Waals surface area contributed by atoms with Crippen LogP contribution in [0.15, 0.2) is 60.9 Å². The number of piperidine rings is 1. The smallest absolute Gasteiger partial charge is 0.225 e. The number of nitrogens with zero attached hydrogens (tertiary/aromatic N) is 3. The molecule has 1 fully saturated rings. The molecule has 35 heavy (non-hydrogen) atoms. The lowest BCUT2D eigenvalue weighted by Gasteiger charge is -2.35. The van der Waals surface area contributed by atoms with Gasteiger partial charge < -0.3 is 19.5 Å². The number of phenols is 1. The van der Waals surface area contributed by atoms with E-state index in [1.54, 1.807) is 20.3 Å². The molecule has 0 radical (unpaired) electrons. The number of hydrogen-bond donors (Lipinski definition) is 1. The van der Waals surface area contributed by atoms with Gasteiger partial charge in [-0.05, 0) is 71.9 Å². The molecule has 1 aromatic heterocycles. The van der Waals surface area contributed by atoms with Gasteiger partial charge in [0.05, 0.1) is 0 Å². The lowest BCUT2D eigenvalue weighted by molar-refractivity contribution is -0.115. The summed E-state index contributed by atoms with van der Waals surface area (Å²) in [5, 5.41) is 10.1. The molecule has 1 aliphatic heterocycles. The first-order valence-electron chi connectivity index (χ1n) is 12.7. The average Bonchev–Trinajstić information content (AvgIpc) is 2.92. The van der Waals surface area contributed by atoms with E-state index >= 15 is 0 Å². The van der Waals surface area contributed by atoms with E-state index in [0.717, 1.165) is 56.7 Å². The molecule has 0 bridgehead atoms. The molecule has 0 amide bonds. The number of fused-ring (bicyclic) bond motifs is 1. The van der Waals surface area contributed by atoms with E-state index in [1.807, 2.05) is 18.5 Å². The van der Waals surface area contributed by atoms with Crippen LogP contribution in [0.1, 0.15) is 59.8 Å². The van der Waals surface area contributed by atoms with Crippen molar-refractivity contribution in [3.05, 3.63) is 83.2 Å². The minimum Gasteiger partial charge on any atom is -0.508 e. The van der Waals surface area contributed by atoms with Crippen LogP contribution < -0.4 is 4.90 Å². The summed E-state index contributed by atoms with van der Waals surface area (Å²) in [7, 11) is 3.41. The topological polar surface area (TPSA) is 67.7 Å². The third-order valence-electron chi connectivity index (χ3n) is 7.78. The lowest BCUT2D eigenvalue weighted by Crippen LogP contribution is -2.36. The molecule has 6 nitrogen and oxygen atoms in total. The highest BCUT2D eigenvalue weighted by atomic mass is 16.7. The van der Waals surface area contributed by atoms with E-state index in [9.17, 15) is 5.11 Å². The van der Waals surface area contributed by atoms with Gasteiger partial charge in [0.1, 0.15) is 5.75 Å². The maximum Gasteiger partial charge on any atom is 0.225 e. The number of benzene rings is 2. The van der Waals surface area contributed by atoms with Gasteiger partial charge in [-0.2, -0.15) is 0 Å². The zero-order chi connectivity index (χ0) is 24.2. The second-order valence-electron chi connectivity index (χ2n) is 9.80. The molecule has 2 atom stereocenters. The van der Waals surface area contributed by atoms with E-state index < -0.39 is 0 Å². The third-order valence-corrected chi connectivity index (χ3v) is 7.78. The van der Waals surface area contributed by atoms with Gasteiger partial charge in [0.25, 0.3) is 0 Å². The van der Waals surface area contributed by atoms with Crippen LogP contribution in [0.5, 0.6) is 5.75 Å². The predicted molar refractivity (Wildman–Crippen MR) is 137 cm³/mol. The summed E-state index contributed by atoms with van der Waals surface area (Å²) in [6.45, 7) is 1.89. The highest BCUT2D eigenvalue weighted by molar-refractivity contribution is 5.47. The zero-order valence-corrected chi connectivity index (χ0v) is 20.6. The fourth-order valence-corrected chi connectivity index (χ4v) is 5.86. The number of hydrogen-bond acceptors (Lipinski definition) is 6. The number of anilines is 1. The number of methoxy groups -OCH3 is 2. The molecule has 6 heteroatoms. The highest BCUT2D eigenvalue weighted by Crippen LogP contribution is 2.46. The number of rotatable bonds is 7. The SMILES string of the molecule is COC(CC1CCN(c2ncc(C3c4ccc(O)cc4CC[C@@H]3c3ccccc3)cn2)CC1)OC. The van der Waals surface area contributed by atoms with E-state index in [2.05, 4.69) is 41.3 Å². The summed E-state index contributed by atoms with van der Waals surface area (Å²) in [6, 6.07) is 16.5. The molecule has 1 aliphatic carbocycles. The quantitative estimate of drug-likeness (QED) is 0.472. The molecule has 2 aromatic carbocycles. The fourth-order valence-electron chi connectivity index (χ4n) is 5.86. The Labute approximate surface area is 207 Å². The van der Waals surface area contributed by atoms with Gasteiger partial charge in [-0.1, -0.05) is 36.4 Å². The minimum absolute atomic E-state index is 0.125. The van der Waals surface area contributed by atoms with Crippen molar-refractivity contribution in [1.29, 1.82) is 0 Å². The van der Waals surface area contributed by atoms with Gasteiger partial charge in [-0.3, -0.25) is 0 Å². The Morgan fingerprint density at radius 1 is 0.943 bits per heavy atom. The van der Waals surface area contributed by atoms with Crippen molar-refractivity contribution in [3.8, 4) is 5.75 Å². The monoisotopic (exact) mass is 473 g/mol. The Kier molecular flexibility index (Phi) is 7.30. The zero-order valence-electron chi connectivity index (χ0n) is 20.6.